The summed E-state index contributed by atoms with van der Waals surface area (Å²) in [5.41, 5.74) is 1.86. The highest BCUT2D eigenvalue weighted by Crippen LogP contribution is 2.44. The Balaban J connectivity index is 1.60. The molecule has 0 heterocycles. The van der Waals surface area contributed by atoms with Crippen LogP contribution in [0.2, 0.25) is 0 Å². The Morgan fingerprint density at radius 1 is 1.08 bits per heavy atom. The van der Waals surface area contributed by atoms with Gasteiger partial charge in [-0.25, -0.2) is 13.1 Å². The molecule has 1 amide bonds. The smallest absolute Gasteiger partial charge is 0.240 e. The molecule has 2 N–H and O–H groups in total. The second-order valence-electron chi connectivity index (χ2n) is 6.75. The van der Waals surface area contributed by atoms with Gasteiger partial charge in [0.1, 0.15) is 0 Å². The average molecular weight is 372 g/mol. The van der Waals surface area contributed by atoms with Crippen molar-refractivity contribution in [2.75, 3.05) is 11.9 Å². The summed E-state index contributed by atoms with van der Waals surface area (Å²) in [6.45, 7) is 1.82. The highest BCUT2D eigenvalue weighted by molar-refractivity contribution is 7.89. The van der Waals surface area contributed by atoms with Gasteiger partial charge in [0.05, 0.1) is 4.90 Å². The number of hydrogen-bond acceptors (Lipinski definition) is 3. The Kier molecular flexibility index (Phi) is 5.74. The lowest BCUT2D eigenvalue weighted by molar-refractivity contribution is -0.114. The van der Waals surface area contributed by atoms with Crippen molar-refractivity contribution in [2.24, 2.45) is 5.92 Å². The number of amides is 1. The summed E-state index contributed by atoms with van der Waals surface area (Å²) in [6, 6.07) is 16.5. The molecule has 0 spiro atoms. The Morgan fingerprint density at radius 2 is 1.73 bits per heavy atom. The molecule has 5 nitrogen and oxygen atoms in total. The fraction of sp³-hybridized carbons (Fsp3) is 0.350. The minimum Gasteiger partial charge on any atom is -0.326 e. The Bertz CT molecular complexity index is 844. The maximum absolute atomic E-state index is 12.5. The van der Waals surface area contributed by atoms with Crippen LogP contribution in [-0.4, -0.2) is 20.9 Å². The van der Waals surface area contributed by atoms with Crippen LogP contribution in [0.25, 0.3) is 0 Å². The molecule has 3 rings (SSSR count). The van der Waals surface area contributed by atoms with Gasteiger partial charge in [-0.15, -0.1) is 0 Å². The molecule has 1 atom stereocenters. The maximum atomic E-state index is 12.5. The number of carbonyl (C=O) groups is 1. The molecule has 138 valence electrons. The van der Waals surface area contributed by atoms with Crippen LogP contribution in [0.5, 0.6) is 0 Å². The predicted octanol–water partition coefficient (Wildman–Crippen LogP) is 3.51. The number of hydrogen-bond donors (Lipinski definition) is 2. The molecule has 6 heteroatoms. The molecule has 1 unspecified atom stereocenters. The SMILES string of the molecule is CC(=O)Nc1ccc(S(=O)(=O)NCCC(c2ccccc2)C2CC2)cc1. The van der Waals surface area contributed by atoms with Gasteiger partial charge in [-0.05, 0) is 60.9 Å². The highest BCUT2D eigenvalue weighted by atomic mass is 32.2. The van der Waals surface area contributed by atoms with Crippen molar-refractivity contribution in [3.63, 3.8) is 0 Å². The largest absolute Gasteiger partial charge is 0.326 e. The first kappa shape index (κ1) is 18.6. The van der Waals surface area contributed by atoms with Gasteiger partial charge in [-0.3, -0.25) is 4.79 Å². The summed E-state index contributed by atoms with van der Waals surface area (Å²) in [5.74, 6) is 0.880. The first-order chi connectivity index (χ1) is 12.5. The van der Waals surface area contributed by atoms with Gasteiger partial charge in [-0.1, -0.05) is 30.3 Å². The van der Waals surface area contributed by atoms with Crippen molar-refractivity contribution in [3.05, 3.63) is 60.2 Å². The van der Waals surface area contributed by atoms with E-state index >= 15 is 0 Å². The topological polar surface area (TPSA) is 75.3 Å². The van der Waals surface area contributed by atoms with Crippen molar-refractivity contribution < 1.29 is 13.2 Å². The molecule has 26 heavy (non-hydrogen) atoms. The number of anilines is 1. The van der Waals surface area contributed by atoms with E-state index in [1.165, 1.54) is 37.5 Å². The maximum Gasteiger partial charge on any atom is 0.240 e. The Morgan fingerprint density at radius 3 is 2.31 bits per heavy atom. The number of sulfonamides is 1. The third kappa shape index (κ3) is 4.93. The van der Waals surface area contributed by atoms with E-state index in [2.05, 4.69) is 22.2 Å². The van der Waals surface area contributed by atoms with Crippen LogP contribution in [-0.2, 0) is 14.8 Å². The second kappa shape index (κ2) is 8.01. The van der Waals surface area contributed by atoms with E-state index in [4.69, 9.17) is 0 Å². The van der Waals surface area contributed by atoms with Crippen LogP contribution in [0.15, 0.2) is 59.5 Å². The van der Waals surface area contributed by atoms with E-state index in [0.717, 1.165) is 6.42 Å². The molecule has 0 aliphatic heterocycles. The lowest BCUT2D eigenvalue weighted by Gasteiger charge is -2.17. The Hall–Kier alpha value is -2.18. The van der Waals surface area contributed by atoms with E-state index in [-0.39, 0.29) is 10.8 Å². The summed E-state index contributed by atoms with van der Waals surface area (Å²) < 4.78 is 27.6. The molecule has 2 aromatic carbocycles. The van der Waals surface area contributed by atoms with Crippen molar-refractivity contribution in [1.29, 1.82) is 0 Å². The number of benzene rings is 2. The summed E-state index contributed by atoms with van der Waals surface area (Å²) in [5, 5.41) is 2.62. The quantitative estimate of drug-likeness (QED) is 0.745. The molecule has 0 saturated heterocycles. The second-order valence-corrected chi connectivity index (χ2v) is 8.51. The van der Waals surface area contributed by atoms with Gasteiger partial charge in [0.25, 0.3) is 0 Å². The molecule has 0 radical (unpaired) electrons. The lowest BCUT2D eigenvalue weighted by Crippen LogP contribution is -2.26. The molecular formula is C20H24N2O3S. The van der Waals surface area contributed by atoms with Crippen LogP contribution in [0, 0.1) is 5.92 Å². The average Bonchev–Trinajstić information content (AvgIpc) is 3.44. The molecule has 1 aliphatic carbocycles. The number of nitrogens with one attached hydrogen (secondary N) is 2. The van der Waals surface area contributed by atoms with Crippen LogP contribution in [0.1, 0.15) is 37.7 Å². The highest BCUT2D eigenvalue weighted by Gasteiger charge is 2.32. The summed E-state index contributed by atoms with van der Waals surface area (Å²) in [4.78, 5) is 11.2. The zero-order valence-corrected chi connectivity index (χ0v) is 15.6. The molecule has 1 fully saturated rings. The van der Waals surface area contributed by atoms with Gasteiger partial charge < -0.3 is 5.32 Å². The van der Waals surface area contributed by atoms with Gasteiger partial charge in [0.2, 0.25) is 15.9 Å². The van der Waals surface area contributed by atoms with Gasteiger partial charge in [0.15, 0.2) is 0 Å². The van der Waals surface area contributed by atoms with Crippen LogP contribution in [0.3, 0.4) is 0 Å². The third-order valence-electron chi connectivity index (χ3n) is 4.65. The monoisotopic (exact) mass is 372 g/mol. The van der Waals surface area contributed by atoms with E-state index in [9.17, 15) is 13.2 Å². The number of carbonyl (C=O) groups excluding carboxylic acids is 1. The van der Waals surface area contributed by atoms with Crippen LogP contribution in [0.4, 0.5) is 5.69 Å². The normalized spacial score (nSPS) is 15.4. The molecule has 1 saturated carbocycles. The minimum absolute atomic E-state index is 0.189. The van der Waals surface area contributed by atoms with Gasteiger partial charge >= 0.3 is 0 Å². The van der Waals surface area contributed by atoms with Gasteiger partial charge in [-0.2, -0.15) is 0 Å². The Labute approximate surface area is 154 Å². The molecule has 1 aliphatic rings. The summed E-state index contributed by atoms with van der Waals surface area (Å²) >= 11 is 0. The first-order valence-corrected chi connectivity index (χ1v) is 10.4. The fourth-order valence-electron chi connectivity index (χ4n) is 3.23. The number of rotatable bonds is 8. The zero-order chi connectivity index (χ0) is 18.6. The molecule has 0 bridgehead atoms. The van der Waals surface area contributed by atoms with E-state index < -0.39 is 10.0 Å². The molecular weight excluding hydrogens is 348 g/mol. The van der Waals surface area contributed by atoms with E-state index in [0.29, 0.717) is 24.1 Å². The first-order valence-electron chi connectivity index (χ1n) is 8.88. The van der Waals surface area contributed by atoms with Crippen LogP contribution >= 0.6 is 0 Å². The van der Waals surface area contributed by atoms with Crippen molar-refractivity contribution in [3.8, 4) is 0 Å². The van der Waals surface area contributed by atoms with Crippen molar-refractivity contribution in [2.45, 2.75) is 37.0 Å². The minimum atomic E-state index is -3.55. The summed E-state index contributed by atoms with van der Waals surface area (Å²) in [6.07, 6.45) is 3.23. The standard InChI is InChI=1S/C20H24N2O3S/c1-15(23)22-18-9-11-19(12-10-18)26(24,25)21-14-13-20(17-7-8-17)16-5-3-2-4-6-16/h2-6,9-12,17,20-21H,7-8,13-14H2,1H3,(H,22,23). The third-order valence-corrected chi connectivity index (χ3v) is 6.13. The van der Waals surface area contributed by atoms with Crippen molar-refractivity contribution >= 4 is 21.6 Å². The van der Waals surface area contributed by atoms with E-state index in [1.807, 2.05) is 18.2 Å². The summed E-state index contributed by atoms with van der Waals surface area (Å²) in [7, 11) is -3.55. The van der Waals surface area contributed by atoms with Gasteiger partial charge in [0, 0.05) is 19.2 Å². The van der Waals surface area contributed by atoms with Crippen LogP contribution < -0.4 is 10.0 Å². The van der Waals surface area contributed by atoms with Crippen molar-refractivity contribution in [1.82, 2.24) is 4.72 Å². The van der Waals surface area contributed by atoms with E-state index in [1.54, 1.807) is 12.1 Å². The lowest BCUT2D eigenvalue weighted by atomic mass is 9.91. The molecule has 2 aromatic rings. The molecule has 0 aromatic heterocycles. The predicted molar refractivity (Wildman–Crippen MR) is 102 cm³/mol. The fourth-order valence-corrected chi connectivity index (χ4v) is 4.27. The zero-order valence-electron chi connectivity index (χ0n) is 14.8.